The lowest BCUT2D eigenvalue weighted by Gasteiger charge is -2.33. The molecule has 2 aromatic heterocycles. The van der Waals surface area contributed by atoms with Crippen molar-refractivity contribution in [1.82, 2.24) is 4.40 Å². The lowest BCUT2D eigenvalue weighted by Crippen LogP contribution is -2.17. The molecule has 0 bridgehead atoms. The van der Waals surface area contributed by atoms with Gasteiger partial charge in [-0.2, -0.15) is 0 Å². The van der Waals surface area contributed by atoms with Crippen molar-refractivity contribution in [2.75, 3.05) is 0 Å². The molecule has 0 aliphatic heterocycles. The van der Waals surface area contributed by atoms with Gasteiger partial charge in [0.1, 0.15) is 0 Å². The summed E-state index contributed by atoms with van der Waals surface area (Å²) in [4.78, 5) is 0. The van der Waals surface area contributed by atoms with Gasteiger partial charge in [0, 0.05) is 21.5 Å². The lowest BCUT2D eigenvalue weighted by atomic mass is 9.70. The van der Waals surface area contributed by atoms with Gasteiger partial charge in [-0.15, -0.1) is 0 Å². The van der Waals surface area contributed by atoms with E-state index < -0.39 is 0 Å². The van der Waals surface area contributed by atoms with Crippen LogP contribution in [0.1, 0.15) is 35.4 Å². The van der Waals surface area contributed by atoms with Crippen LogP contribution in [-0.4, -0.2) is 4.40 Å². The smallest absolute Gasteiger partial charge is 0.0620 e. The highest BCUT2D eigenvalue weighted by Gasteiger charge is 2.31. The van der Waals surface area contributed by atoms with E-state index in [0.717, 1.165) is 6.42 Å². The van der Waals surface area contributed by atoms with Crippen molar-refractivity contribution >= 4 is 38.1 Å². The minimum Gasteiger partial charge on any atom is -0.308 e. The van der Waals surface area contributed by atoms with Crippen LogP contribution < -0.4 is 0 Å². The number of nitrogens with zero attached hydrogens (tertiary/aromatic N) is 1. The van der Waals surface area contributed by atoms with Gasteiger partial charge in [-0.25, -0.2) is 0 Å². The molecule has 1 nitrogen and oxygen atoms in total. The Bertz CT molecular complexity index is 2620. The van der Waals surface area contributed by atoms with Crippen molar-refractivity contribution in [2.24, 2.45) is 0 Å². The van der Waals surface area contributed by atoms with E-state index in [-0.39, 0.29) is 0 Å². The molecule has 0 saturated carbocycles. The molecule has 222 valence electrons. The fraction of sp³-hybridized carbons (Fsp3) is 0.0870. The molecule has 2 unspecified atom stereocenters. The summed E-state index contributed by atoms with van der Waals surface area (Å²) >= 11 is 0. The Kier molecular flexibility index (Phi) is 5.75. The maximum atomic E-state index is 2.49. The van der Waals surface area contributed by atoms with Crippen molar-refractivity contribution in [3.8, 4) is 33.4 Å². The van der Waals surface area contributed by atoms with Crippen LogP contribution >= 0.6 is 0 Å². The molecule has 0 amide bonds. The van der Waals surface area contributed by atoms with Gasteiger partial charge in [-0.1, -0.05) is 153 Å². The van der Waals surface area contributed by atoms with Crippen molar-refractivity contribution in [3.63, 3.8) is 0 Å². The van der Waals surface area contributed by atoms with Crippen LogP contribution in [0.5, 0.6) is 0 Å². The lowest BCUT2D eigenvalue weighted by molar-refractivity contribution is 0.568. The normalized spacial score (nSPS) is 15.0. The minimum absolute atomic E-state index is 0.375. The average Bonchev–Trinajstić information content (AvgIpc) is 3.66. The van der Waals surface area contributed by atoms with E-state index in [0.29, 0.717) is 11.8 Å². The summed E-state index contributed by atoms with van der Waals surface area (Å²) in [6.07, 6.45) is 1.02. The van der Waals surface area contributed by atoms with Gasteiger partial charge in [-0.3, -0.25) is 0 Å². The molecule has 2 atom stereocenters. The number of aromatic nitrogens is 1. The second kappa shape index (κ2) is 10.2. The predicted octanol–water partition coefficient (Wildman–Crippen LogP) is 12.3. The topological polar surface area (TPSA) is 4.41 Å². The molecule has 7 aromatic carbocycles. The highest BCUT2D eigenvalue weighted by Crippen LogP contribution is 2.49. The highest BCUT2D eigenvalue weighted by atomic mass is 14.9. The van der Waals surface area contributed by atoms with Crippen LogP contribution in [-0.2, 0) is 6.42 Å². The third kappa shape index (κ3) is 3.90. The van der Waals surface area contributed by atoms with Crippen LogP contribution in [0.3, 0.4) is 0 Å². The summed E-state index contributed by atoms with van der Waals surface area (Å²) in [7, 11) is 0. The second-order valence-electron chi connectivity index (χ2n) is 13.3. The number of hydrogen-bond acceptors (Lipinski definition) is 0. The minimum atomic E-state index is 0.375. The first-order valence-electron chi connectivity index (χ1n) is 16.8. The number of rotatable bonds is 4. The Hall–Kier alpha value is -5.66. The Morgan fingerprint density at radius 2 is 1.19 bits per heavy atom. The molecule has 0 spiro atoms. The van der Waals surface area contributed by atoms with E-state index in [9.17, 15) is 0 Å². The molecule has 10 rings (SSSR count). The predicted molar refractivity (Wildman–Crippen MR) is 199 cm³/mol. The van der Waals surface area contributed by atoms with Crippen molar-refractivity contribution in [3.05, 3.63) is 174 Å². The standard InChI is InChI=1S/C46H33N/c1-29(31-14-9-15-32(26-31)30-12-3-2-4-13-30)42-27-34-16-10-20-35(45(34)39-19-6-5-17-36(39)42)33-24-25-38-41-22-11-21-40-37-18-7-8-23-43(37)47(46(40)41)44(38)28-33/h2-26,28-29,42H,27H2,1H3. The summed E-state index contributed by atoms with van der Waals surface area (Å²) in [5.41, 5.74) is 16.1. The molecular weight excluding hydrogens is 567 g/mol. The van der Waals surface area contributed by atoms with Gasteiger partial charge < -0.3 is 4.40 Å². The average molecular weight is 600 g/mol. The zero-order valence-corrected chi connectivity index (χ0v) is 26.3. The molecule has 47 heavy (non-hydrogen) atoms. The third-order valence-electron chi connectivity index (χ3n) is 10.9. The van der Waals surface area contributed by atoms with Crippen molar-refractivity contribution < 1.29 is 0 Å². The van der Waals surface area contributed by atoms with E-state index in [4.69, 9.17) is 0 Å². The first-order chi connectivity index (χ1) is 23.2. The van der Waals surface area contributed by atoms with E-state index >= 15 is 0 Å². The Balaban J connectivity index is 1.11. The van der Waals surface area contributed by atoms with Crippen molar-refractivity contribution in [2.45, 2.75) is 25.2 Å². The maximum Gasteiger partial charge on any atom is 0.0620 e. The summed E-state index contributed by atoms with van der Waals surface area (Å²) in [5, 5.41) is 5.29. The number of benzene rings is 7. The first-order valence-corrected chi connectivity index (χ1v) is 16.8. The SMILES string of the molecule is CC(c1cccc(-c2ccccc2)c1)C1Cc2cccc(-c3ccc4c5cccc6c7ccccc7n(c4c3)c65)c2-c2ccccc21. The maximum absolute atomic E-state index is 2.49. The first kappa shape index (κ1) is 26.5. The zero-order chi connectivity index (χ0) is 31.1. The van der Waals surface area contributed by atoms with Gasteiger partial charge in [0.15, 0.2) is 0 Å². The molecule has 2 heterocycles. The molecule has 1 aliphatic carbocycles. The van der Waals surface area contributed by atoms with Crippen LogP contribution in [0.15, 0.2) is 158 Å². The molecule has 1 heteroatoms. The molecule has 0 radical (unpaired) electrons. The van der Waals surface area contributed by atoms with E-state index in [1.54, 1.807) is 0 Å². The van der Waals surface area contributed by atoms with Crippen molar-refractivity contribution in [1.29, 1.82) is 0 Å². The summed E-state index contributed by atoms with van der Waals surface area (Å²) in [5.74, 6) is 0.772. The molecule has 9 aromatic rings. The van der Waals surface area contributed by atoms with Crippen LogP contribution in [0.2, 0.25) is 0 Å². The second-order valence-corrected chi connectivity index (χ2v) is 13.3. The van der Waals surface area contributed by atoms with E-state index in [1.165, 1.54) is 88.2 Å². The van der Waals surface area contributed by atoms with Crippen LogP contribution in [0.25, 0.3) is 71.5 Å². The third-order valence-corrected chi connectivity index (χ3v) is 10.9. The fourth-order valence-corrected chi connectivity index (χ4v) is 8.63. The van der Waals surface area contributed by atoms with E-state index in [2.05, 4.69) is 169 Å². The summed E-state index contributed by atoms with van der Waals surface area (Å²) in [6, 6.07) is 58.7. The van der Waals surface area contributed by atoms with Gasteiger partial charge in [0.2, 0.25) is 0 Å². The highest BCUT2D eigenvalue weighted by molar-refractivity contribution is 6.23. The van der Waals surface area contributed by atoms with Gasteiger partial charge in [0.05, 0.1) is 16.6 Å². The van der Waals surface area contributed by atoms with Gasteiger partial charge >= 0.3 is 0 Å². The molecule has 0 N–H and O–H groups in total. The number of hydrogen-bond donors (Lipinski definition) is 0. The Morgan fingerprint density at radius 3 is 2.09 bits per heavy atom. The quantitative estimate of drug-likeness (QED) is 0.190. The largest absolute Gasteiger partial charge is 0.308 e. The number of para-hydroxylation sites is 2. The molecule has 0 fully saturated rings. The fourth-order valence-electron chi connectivity index (χ4n) is 8.63. The molecular formula is C46H33N. The summed E-state index contributed by atoms with van der Waals surface area (Å²) < 4.78 is 2.49. The summed E-state index contributed by atoms with van der Waals surface area (Å²) in [6.45, 7) is 2.42. The molecule has 0 saturated heterocycles. The van der Waals surface area contributed by atoms with Crippen LogP contribution in [0, 0.1) is 0 Å². The van der Waals surface area contributed by atoms with Gasteiger partial charge in [0.25, 0.3) is 0 Å². The molecule has 1 aliphatic rings. The Labute approximate surface area is 274 Å². The Morgan fingerprint density at radius 1 is 0.511 bits per heavy atom. The zero-order valence-electron chi connectivity index (χ0n) is 26.3. The van der Waals surface area contributed by atoms with E-state index in [1.807, 2.05) is 0 Å². The van der Waals surface area contributed by atoms with Gasteiger partial charge in [-0.05, 0) is 80.5 Å². The number of fused-ring (bicyclic) bond motifs is 9. The monoisotopic (exact) mass is 599 g/mol. The van der Waals surface area contributed by atoms with Crippen LogP contribution in [0.4, 0.5) is 0 Å².